The number of anilines is 1. The second kappa shape index (κ2) is 5.46. The van der Waals surface area contributed by atoms with Crippen molar-refractivity contribution >= 4 is 12.0 Å². The van der Waals surface area contributed by atoms with Crippen molar-refractivity contribution in [1.29, 1.82) is 0 Å². The third-order valence-electron chi connectivity index (χ3n) is 2.21. The van der Waals surface area contributed by atoms with Crippen molar-refractivity contribution in [2.75, 3.05) is 39.1 Å². The van der Waals surface area contributed by atoms with E-state index in [1.54, 1.807) is 12.3 Å². The fraction of sp³-hybridized carbons (Fsp3) is 0.455. The zero-order valence-electron chi connectivity index (χ0n) is 9.47. The van der Waals surface area contributed by atoms with Gasteiger partial charge in [-0.05, 0) is 26.2 Å². The number of hydrogen-bond acceptors (Lipinski definition) is 4. The van der Waals surface area contributed by atoms with Crippen LogP contribution >= 0.6 is 0 Å². The molecule has 0 amide bonds. The van der Waals surface area contributed by atoms with E-state index in [1.807, 2.05) is 27.2 Å². The number of carbonyl (C=O) groups excluding carboxylic acids is 1. The molecule has 0 saturated carbocycles. The largest absolute Gasteiger partial charge is 0.373 e. The van der Waals surface area contributed by atoms with Gasteiger partial charge in [-0.15, -0.1) is 0 Å². The summed E-state index contributed by atoms with van der Waals surface area (Å²) in [6.45, 7) is 1.91. The number of hydrogen-bond donors (Lipinski definition) is 0. The minimum absolute atomic E-state index is 0.476. The molecule has 82 valence electrons. The smallest absolute Gasteiger partial charge is 0.168 e. The molecule has 0 spiro atoms. The zero-order valence-corrected chi connectivity index (χ0v) is 9.47. The maximum atomic E-state index is 10.6. The van der Waals surface area contributed by atoms with Gasteiger partial charge < -0.3 is 9.80 Å². The Morgan fingerprint density at radius 1 is 1.33 bits per heavy atom. The normalized spacial score (nSPS) is 10.4. The van der Waals surface area contributed by atoms with Crippen LogP contribution in [0.2, 0.25) is 0 Å². The summed E-state index contributed by atoms with van der Waals surface area (Å²) in [4.78, 5) is 18.7. The minimum Gasteiger partial charge on any atom is -0.373 e. The lowest BCUT2D eigenvalue weighted by molar-refractivity contribution is 0.111. The van der Waals surface area contributed by atoms with E-state index in [1.165, 1.54) is 0 Å². The molecule has 0 radical (unpaired) electrons. The fourth-order valence-corrected chi connectivity index (χ4v) is 1.22. The average Bonchev–Trinajstić information content (AvgIpc) is 2.26. The standard InChI is InChI=1S/C11H17N3O/c1-13(2)6-7-14(3)11-4-5-12-10(8-11)9-15/h4-5,8-9H,6-7H2,1-3H3. The Morgan fingerprint density at radius 2 is 2.07 bits per heavy atom. The molecule has 0 atom stereocenters. The first-order chi connectivity index (χ1) is 7.13. The zero-order chi connectivity index (χ0) is 11.3. The molecular weight excluding hydrogens is 190 g/mol. The molecular formula is C11H17N3O. The van der Waals surface area contributed by atoms with E-state index in [9.17, 15) is 4.79 Å². The van der Waals surface area contributed by atoms with Crippen LogP contribution in [0.1, 0.15) is 10.5 Å². The minimum atomic E-state index is 0.476. The van der Waals surface area contributed by atoms with Crippen LogP contribution in [0.15, 0.2) is 18.3 Å². The van der Waals surface area contributed by atoms with Crippen LogP contribution < -0.4 is 4.90 Å². The predicted octanol–water partition coefficient (Wildman–Crippen LogP) is 0.892. The molecule has 0 unspecified atom stereocenters. The van der Waals surface area contributed by atoms with E-state index >= 15 is 0 Å². The van der Waals surface area contributed by atoms with Gasteiger partial charge >= 0.3 is 0 Å². The third kappa shape index (κ3) is 3.67. The molecule has 4 nitrogen and oxygen atoms in total. The van der Waals surface area contributed by atoms with Crippen molar-refractivity contribution < 1.29 is 4.79 Å². The average molecular weight is 207 g/mol. The molecule has 1 rings (SSSR count). The molecule has 0 saturated heterocycles. The highest BCUT2D eigenvalue weighted by Crippen LogP contribution is 2.11. The lowest BCUT2D eigenvalue weighted by Crippen LogP contribution is -2.28. The SMILES string of the molecule is CN(C)CCN(C)c1ccnc(C=O)c1. The summed E-state index contributed by atoms with van der Waals surface area (Å²) in [6, 6.07) is 3.70. The Kier molecular flexibility index (Phi) is 4.24. The van der Waals surface area contributed by atoms with Crippen molar-refractivity contribution in [2.24, 2.45) is 0 Å². The second-order valence-corrected chi connectivity index (χ2v) is 3.78. The first-order valence-electron chi connectivity index (χ1n) is 4.90. The highest BCUT2D eigenvalue weighted by Gasteiger charge is 2.02. The molecule has 0 aliphatic carbocycles. The number of rotatable bonds is 5. The van der Waals surface area contributed by atoms with E-state index in [4.69, 9.17) is 0 Å². The quantitative estimate of drug-likeness (QED) is 0.672. The number of aromatic nitrogens is 1. The van der Waals surface area contributed by atoms with Crippen molar-refractivity contribution in [3.05, 3.63) is 24.0 Å². The molecule has 0 aromatic carbocycles. The van der Waals surface area contributed by atoms with Crippen molar-refractivity contribution in [2.45, 2.75) is 0 Å². The first kappa shape index (κ1) is 11.7. The first-order valence-corrected chi connectivity index (χ1v) is 4.90. The van der Waals surface area contributed by atoms with Gasteiger partial charge in [-0.25, -0.2) is 0 Å². The van der Waals surface area contributed by atoms with Crippen molar-refractivity contribution in [3.63, 3.8) is 0 Å². The number of likely N-dealkylation sites (N-methyl/N-ethyl adjacent to an activating group) is 2. The highest BCUT2D eigenvalue weighted by atomic mass is 16.1. The van der Waals surface area contributed by atoms with Crippen LogP contribution in [-0.2, 0) is 0 Å². The van der Waals surface area contributed by atoms with Gasteiger partial charge in [-0.3, -0.25) is 9.78 Å². The van der Waals surface area contributed by atoms with Crippen molar-refractivity contribution in [1.82, 2.24) is 9.88 Å². The van der Waals surface area contributed by atoms with Crippen LogP contribution in [0.25, 0.3) is 0 Å². The lowest BCUT2D eigenvalue weighted by Gasteiger charge is -2.21. The summed E-state index contributed by atoms with van der Waals surface area (Å²) in [7, 11) is 6.09. The highest BCUT2D eigenvalue weighted by molar-refractivity contribution is 5.73. The molecule has 0 aliphatic rings. The fourth-order valence-electron chi connectivity index (χ4n) is 1.22. The predicted molar refractivity (Wildman–Crippen MR) is 61.4 cm³/mol. The molecule has 1 heterocycles. The van der Waals surface area contributed by atoms with E-state index in [0.29, 0.717) is 5.69 Å². The van der Waals surface area contributed by atoms with Gasteiger partial charge in [0.05, 0.1) is 0 Å². The van der Waals surface area contributed by atoms with Crippen molar-refractivity contribution in [3.8, 4) is 0 Å². The number of nitrogens with zero attached hydrogens (tertiary/aromatic N) is 3. The third-order valence-corrected chi connectivity index (χ3v) is 2.21. The lowest BCUT2D eigenvalue weighted by atomic mass is 10.3. The Morgan fingerprint density at radius 3 is 2.67 bits per heavy atom. The van der Waals surface area contributed by atoms with Crippen LogP contribution in [0.3, 0.4) is 0 Å². The van der Waals surface area contributed by atoms with E-state index in [0.717, 1.165) is 25.1 Å². The summed E-state index contributed by atoms with van der Waals surface area (Å²) in [6.07, 6.45) is 2.43. The summed E-state index contributed by atoms with van der Waals surface area (Å²) in [5.74, 6) is 0. The van der Waals surface area contributed by atoms with Gasteiger partial charge in [0, 0.05) is 32.0 Å². The molecule has 1 aromatic rings. The summed E-state index contributed by atoms with van der Waals surface area (Å²) < 4.78 is 0. The molecule has 0 N–H and O–H groups in total. The summed E-state index contributed by atoms with van der Waals surface area (Å²) >= 11 is 0. The molecule has 0 bridgehead atoms. The Hall–Kier alpha value is -1.42. The van der Waals surface area contributed by atoms with Crippen LogP contribution in [0.5, 0.6) is 0 Å². The molecule has 0 aliphatic heterocycles. The van der Waals surface area contributed by atoms with E-state index in [2.05, 4.69) is 14.8 Å². The molecule has 1 aromatic heterocycles. The van der Waals surface area contributed by atoms with E-state index < -0.39 is 0 Å². The van der Waals surface area contributed by atoms with Gasteiger partial charge in [0.2, 0.25) is 0 Å². The Bertz CT molecular complexity index is 325. The number of pyridine rings is 1. The maximum absolute atomic E-state index is 10.6. The Balaban J connectivity index is 2.64. The van der Waals surface area contributed by atoms with Crippen LogP contribution in [0.4, 0.5) is 5.69 Å². The van der Waals surface area contributed by atoms with Gasteiger partial charge in [0.1, 0.15) is 5.69 Å². The van der Waals surface area contributed by atoms with Crippen LogP contribution in [-0.4, -0.2) is 50.4 Å². The van der Waals surface area contributed by atoms with E-state index in [-0.39, 0.29) is 0 Å². The molecule has 4 heteroatoms. The summed E-state index contributed by atoms with van der Waals surface area (Å²) in [5.41, 5.74) is 1.50. The summed E-state index contributed by atoms with van der Waals surface area (Å²) in [5, 5.41) is 0. The molecule has 0 fully saturated rings. The number of aldehydes is 1. The van der Waals surface area contributed by atoms with Gasteiger partial charge in [0.25, 0.3) is 0 Å². The van der Waals surface area contributed by atoms with Crippen LogP contribution in [0, 0.1) is 0 Å². The number of carbonyl (C=O) groups is 1. The Labute approximate surface area is 90.5 Å². The second-order valence-electron chi connectivity index (χ2n) is 3.78. The molecule has 15 heavy (non-hydrogen) atoms. The topological polar surface area (TPSA) is 36.4 Å². The van der Waals surface area contributed by atoms with Gasteiger partial charge in [0.15, 0.2) is 6.29 Å². The monoisotopic (exact) mass is 207 g/mol. The maximum Gasteiger partial charge on any atom is 0.168 e. The van der Waals surface area contributed by atoms with Gasteiger partial charge in [-0.1, -0.05) is 0 Å². The van der Waals surface area contributed by atoms with Gasteiger partial charge in [-0.2, -0.15) is 0 Å².